The number of ether oxygens (including phenoxy) is 4. The van der Waals surface area contributed by atoms with Gasteiger partial charge in [-0.25, -0.2) is 0 Å². The molecule has 0 amide bonds. The lowest BCUT2D eigenvalue weighted by molar-refractivity contribution is -0.241. The normalized spacial score (nSPS) is 33.8. The number of benzene rings is 1. The highest BCUT2D eigenvalue weighted by Crippen LogP contribution is 2.42. The van der Waals surface area contributed by atoms with Crippen LogP contribution in [0.1, 0.15) is 19.4 Å². The lowest BCUT2D eigenvalue weighted by Gasteiger charge is -2.34. The molecule has 2 saturated heterocycles. The van der Waals surface area contributed by atoms with Crippen molar-refractivity contribution in [2.75, 3.05) is 6.61 Å². The van der Waals surface area contributed by atoms with E-state index < -0.39 is 42.6 Å². The van der Waals surface area contributed by atoms with Gasteiger partial charge in [0.15, 0.2) is 12.1 Å². The van der Waals surface area contributed by atoms with Gasteiger partial charge in [-0.2, -0.15) is 0 Å². The van der Waals surface area contributed by atoms with E-state index in [1.165, 1.54) is 6.08 Å². The summed E-state index contributed by atoms with van der Waals surface area (Å²) in [6.07, 6.45) is -1.33. The average Bonchev–Trinajstić information content (AvgIpc) is 3.05. The molecule has 0 radical (unpaired) electrons. The summed E-state index contributed by atoms with van der Waals surface area (Å²) < 4.78 is 23.4. The molecule has 0 unspecified atom stereocenters. The molecule has 0 saturated carbocycles. The maximum atomic E-state index is 10.6. The second-order valence-corrected chi connectivity index (χ2v) is 6.64. The van der Waals surface area contributed by atoms with E-state index in [2.05, 4.69) is 6.58 Å². The molecular weight excluding hydrogens is 312 g/mol. The molecule has 1 aromatic rings. The molecular formula is C18H24O6. The first-order valence-electron chi connectivity index (χ1n) is 8.02. The molecule has 2 aliphatic rings. The number of rotatable bonds is 6. The predicted octanol–water partition coefficient (Wildman–Crippen LogP) is 1.36. The standard InChI is InChI=1S/C18H24O6/c1-4-18(20,11-19)15-13(21-10-12-8-6-5-7-9-12)14-16(22-15)24-17(2,3)23-14/h4-9,13-16,19-20H,1,10-11H2,2-3H3/t13-,14-,15+,16-,18+/m1/s1. The molecule has 0 bridgehead atoms. The Morgan fingerprint density at radius 3 is 2.62 bits per heavy atom. The molecule has 3 rings (SSSR count). The van der Waals surface area contributed by atoms with Gasteiger partial charge >= 0.3 is 0 Å². The van der Waals surface area contributed by atoms with Gasteiger partial charge in [-0.05, 0) is 19.4 Å². The summed E-state index contributed by atoms with van der Waals surface area (Å²) >= 11 is 0. The molecule has 2 N–H and O–H groups in total. The van der Waals surface area contributed by atoms with Crippen LogP contribution in [0.2, 0.25) is 0 Å². The van der Waals surface area contributed by atoms with E-state index in [0.717, 1.165) is 5.56 Å². The third-order valence-electron chi connectivity index (χ3n) is 4.38. The van der Waals surface area contributed by atoms with Gasteiger partial charge in [0.25, 0.3) is 0 Å². The van der Waals surface area contributed by atoms with E-state index in [4.69, 9.17) is 18.9 Å². The second-order valence-electron chi connectivity index (χ2n) is 6.64. The van der Waals surface area contributed by atoms with E-state index in [0.29, 0.717) is 6.61 Å². The van der Waals surface area contributed by atoms with E-state index in [1.807, 2.05) is 30.3 Å². The number of fused-ring (bicyclic) bond motifs is 1. The summed E-state index contributed by atoms with van der Waals surface area (Å²) in [4.78, 5) is 0. The highest BCUT2D eigenvalue weighted by atomic mass is 16.8. The number of aliphatic hydroxyl groups is 2. The topological polar surface area (TPSA) is 77.4 Å². The summed E-state index contributed by atoms with van der Waals surface area (Å²) in [5.41, 5.74) is -0.647. The fourth-order valence-corrected chi connectivity index (χ4v) is 3.10. The van der Waals surface area contributed by atoms with Gasteiger partial charge in [0.1, 0.15) is 23.9 Å². The van der Waals surface area contributed by atoms with Crippen LogP contribution in [0.4, 0.5) is 0 Å². The summed E-state index contributed by atoms with van der Waals surface area (Å²) in [7, 11) is 0. The maximum Gasteiger partial charge on any atom is 0.190 e. The number of hydrogen-bond acceptors (Lipinski definition) is 6. The van der Waals surface area contributed by atoms with E-state index in [9.17, 15) is 10.2 Å². The van der Waals surface area contributed by atoms with Gasteiger partial charge in [-0.15, -0.1) is 6.58 Å². The van der Waals surface area contributed by atoms with Gasteiger partial charge in [0.05, 0.1) is 13.2 Å². The van der Waals surface area contributed by atoms with Crippen molar-refractivity contribution >= 4 is 0 Å². The zero-order valence-electron chi connectivity index (χ0n) is 13.9. The smallest absolute Gasteiger partial charge is 0.190 e. The Balaban J connectivity index is 1.80. The zero-order valence-corrected chi connectivity index (χ0v) is 13.9. The Hall–Kier alpha value is -1.28. The van der Waals surface area contributed by atoms with E-state index in [-0.39, 0.29) is 0 Å². The molecule has 6 nitrogen and oxygen atoms in total. The lowest BCUT2D eigenvalue weighted by Crippen LogP contribution is -2.52. The minimum absolute atomic E-state index is 0.330. The zero-order chi connectivity index (χ0) is 17.4. The first kappa shape index (κ1) is 17.5. The van der Waals surface area contributed by atoms with Crippen molar-refractivity contribution in [3.05, 3.63) is 48.6 Å². The SMILES string of the molecule is C=C[C@](O)(CO)[C@H]1O[C@@H]2OC(C)(C)O[C@@H]2[C@H]1OCc1ccccc1. The Bertz CT molecular complexity index is 574. The molecule has 0 spiro atoms. The fourth-order valence-electron chi connectivity index (χ4n) is 3.10. The summed E-state index contributed by atoms with van der Waals surface area (Å²) in [5.74, 6) is -0.791. The van der Waals surface area contributed by atoms with E-state index >= 15 is 0 Å². The van der Waals surface area contributed by atoms with Crippen LogP contribution in [0.5, 0.6) is 0 Å². The van der Waals surface area contributed by atoms with Crippen molar-refractivity contribution in [1.82, 2.24) is 0 Å². The van der Waals surface area contributed by atoms with Crippen LogP contribution in [-0.2, 0) is 25.6 Å². The van der Waals surface area contributed by atoms with Crippen LogP contribution in [0, 0.1) is 0 Å². The fraction of sp³-hybridized carbons (Fsp3) is 0.556. The molecule has 6 heteroatoms. The van der Waals surface area contributed by atoms with Crippen LogP contribution < -0.4 is 0 Å². The molecule has 2 heterocycles. The van der Waals surface area contributed by atoms with Gasteiger partial charge in [-0.1, -0.05) is 36.4 Å². The van der Waals surface area contributed by atoms with Gasteiger partial charge in [0.2, 0.25) is 0 Å². The van der Waals surface area contributed by atoms with Crippen LogP contribution in [-0.4, -0.2) is 52.8 Å². The van der Waals surface area contributed by atoms with Crippen LogP contribution in [0.25, 0.3) is 0 Å². The first-order chi connectivity index (χ1) is 11.4. The van der Waals surface area contributed by atoms with Gasteiger partial charge in [0, 0.05) is 0 Å². The third kappa shape index (κ3) is 3.26. The Morgan fingerprint density at radius 2 is 2.00 bits per heavy atom. The first-order valence-corrected chi connectivity index (χ1v) is 8.02. The molecule has 5 atom stereocenters. The molecule has 2 aliphatic heterocycles. The van der Waals surface area contributed by atoms with Crippen molar-refractivity contribution in [2.24, 2.45) is 0 Å². The monoisotopic (exact) mass is 336 g/mol. The van der Waals surface area contributed by atoms with Crippen molar-refractivity contribution in [3.63, 3.8) is 0 Å². The van der Waals surface area contributed by atoms with Crippen LogP contribution in [0.15, 0.2) is 43.0 Å². The van der Waals surface area contributed by atoms with Crippen molar-refractivity contribution in [3.8, 4) is 0 Å². The predicted molar refractivity (Wildman–Crippen MR) is 85.9 cm³/mol. The number of hydrogen-bond donors (Lipinski definition) is 2. The molecule has 1 aromatic carbocycles. The van der Waals surface area contributed by atoms with E-state index in [1.54, 1.807) is 13.8 Å². The minimum atomic E-state index is -1.64. The molecule has 0 aliphatic carbocycles. The molecule has 132 valence electrons. The van der Waals surface area contributed by atoms with Crippen LogP contribution in [0.3, 0.4) is 0 Å². The lowest BCUT2D eigenvalue weighted by atomic mass is 9.92. The highest BCUT2D eigenvalue weighted by Gasteiger charge is 2.60. The Kier molecular flexibility index (Phi) is 4.79. The molecule has 24 heavy (non-hydrogen) atoms. The Labute approximate surface area is 141 Å². The second kappa shape index (κ2) is 6.55. The van der Waals surface area contributed by atoms with Gasteiger partial charge < -0.3 is 29.2 Å². The highest BCUT2D eigenvalue weighted by molar-refractivity contribution is 5.14. The van der Waals surface area contributed by atoms with Gasteiger partial charge in [-0.3, -0.25) is 0 Å². The Morgan fingerprint density at radius 1 is 1.29 bits per heavy atom. The van der Waals surface area contributed by atoms with Crippen LogP contribution >= 0.6 is 0 Å². The molecule has 0 aromatic heterocycles. The minimum Gasteiger partial charge on any atom is -0.393 e. The summed E-state index contributed by atoms with van der Waals surface area (Å²) in [6, 6.07) is 9.68. The summed E-state index contributed by atoms with van der Waals surface area (Å²) in [6.45, 7) is 6.98. The quantitative estimate of drug-likeness (QED) is 0.764. The average molecular weight is 336 g/mol. The van der Waals surface area contributed by atoms with Crippen molar-refractivity contribution < 1.29 is 29.2 Å². The van der Waals surface area contributed by atoms with Crippen molar-refractivity contribution in [2.45, 2.75) is 56.4 Å². The third-order valence-corrected chi connectivity index (χ3v) is 4.38. The summed E-state index contributed by atoms with van der Waals surface area (Å²) in [5, 5.41) is 20.2. The number of aliphatic hydroxyl groups excluding tert-OH is 1. The molecule has 2 fully saturated rings. The largest absolute Gasteiger partial charge is 0.393 e. The maximum absolute atomic E-state index is 10.6. The van der Waals surface area contributed by atoms with Crippen molar-refractivity contribution in [1.29, 1.82) is 0 Å².